The third kappa shape index (κ3) is 45.0. The summed E-state index contributed by atoms with van der Waals surface area (Å²) in [4.78, 5) is 328. The molecule has 15 atom stereocenters. The molecule has 0 aliphatic carbocycles. The summed E-state index contributed by atoms with van der Waals surface area (Å²) in [6.45, 7) is 5.86. The number of carbonyl (C=O) groups is 25. The molecule has 132 heavy (non-hydrogen) atoms. The first-order chi connectivity index (χ1) is 61.7. The van der Waals surface area contributed by atoms with Gasteiger partial charge in [0.05, 0.1) is 71.2 Å². The van der Waals surface area contributed by atoms with E-state index in [2.05, 4.69) is 116 Å². The lowest BCUT2D eigenvalue weighted by atomic mass is 10.00. The summed E-state index contributed by atoms with van der Waals surface area (Å²) < 4.78 is 0. The molecule has 20 amide bonds. The van der Waals surface area contributed by atoms with Crippen LogP contribution in [0.1, 0.15) is 132 Å². The number of nitrogens with zero attached hydrogens (tertiary/aromatic N) is 1. The van der Waals surface area contributed by atoms with Crippen molar-refractivity contribution in [3.05, 3.63) is 0 Å². The standard InChI is InChI=1S/C76H123N21O32S3/c1-33(2)19-41(88-62(114)37(77)31-130)69(121)86-39(13-15-56(106)107)66(118)90-43(21-57(108)109)63(115)83-27-54(104)84-38(12-14-50(78)100)68(120)95-60(35(5)6)74(126)87-40(16-18-132-9)67(119)91-45(23-59(112)113)72(124)96-61(36(7)8)75(127)92-44(22-58(110)111)71(123)89-42(20-34(3)4)70(122)94-48(32-131)65(117)82-24-51(101)79-26-53(103)85-47(30-99)73(125)93-46(29-98)64(116)81-25-52(102)80-28-55(105)97-17-10-11-49(97)76(128)129/h33-49,60-61,98-99,130-131H,10-32,77H2,1-9H3,(H2,78,100)(H,79,101)(H,80,102)(H,81,116)(H,82,117)(H,83,115)(H,84,104)(H,85,103)(H,86,121)(H,87,126)(H,88,114)(H,89,123)(H,90,118)(H,91,119)(H,92,127)(H,93,125)(H,94,122)(H,95,120)(H,96,124)(H,106,107)(H,108,109)(H,110,111)(H,112,113)(H,128,129)/t37-,38-,39-,40-,41-,42-,43-,44-,45-,46-,47-,48-,49-,60-,61-/m0/s1. The van der Waals surface area contributed by atoms with Crippen LogP contribution in [0.3, 0.4) is 0 Å². The topological polar surface area (TPSA) is 840 Å². The maximum atomic E-state index is 14.3. The zero-order chi connectivity index (χ0) is 101. The number of carbonyl (C=O) groups excluding carboxylic acids is 20. The number of hydrogen-bond acceptors (Lipinski definition) is 31. The molecule has 53 nitrogen and oxygen atoms in total. The van der Waals surface area contributed by atoms with E-state index in [-0.39, 0.29) is 49.7 Å². The maximum absolute atomic E-state index is 14.3. The first-order valence-electron chi connectivity index (χ1n) is 41.4. The Morgan fingerprint density at radius 2 is 0.689 bits per heavy atom. The molecular formula is C76H123N21O32S3. The maximum Gasteiger partial charge on any atom is 0.326 e. The number of amides is 20. The van der Waals surface area contributed by atoms with E-state index in [9.17, 15) is 156 Å². The van der Waals surface area contributed by atoms with E-state index in [4.69, 9.17) is 11.5 Å². The second-order valence-electron chi connectivity index (χ2n) is 31.6. The molecule has 0 bridgehead atoms. The van der Waals surface area contributed by atoms with Gasteiger partial charge in [0.1, 0.15) is 84.6 Å². The van der Waals surface area contributed by atoms with Crippen LogP contribution in [0.2, 0.25) is 0 Å². The van der Waals surface area contributed by atoms with Crippen molar-refractivity contribution >= 4 is 185 Å². The summed E-state index contributed by atoms with van der Waals surface area (Å²) in [6, 6.07) is -25.2. The van der Waals surface area contributed by atoms with Gasteiger partial charge in [-0.3, -0.25) is 115 Å². The number of carboxylic acid groups (broad SMARTS) is 5. The highest BCUT2D eigenvalue weighted by atomic mass is 32.2. The number of carboxylic acids is 5. The predicted octanol–water partition coefficient (Wildman–Crippen LogP) is -12.2. The first kappa shape index (κ1) is 118. The molecule has 1 fully saturated rings. The van der Waals surface area contributed by atoms with Crippen LogP contribution in [0.25, 0.3) is 0 Å². The Morgan fingerprint density at radius 1 is 0.364 bits per heavy atom. The summed E-state index contributed by atoms with van der Waals surface area (Å²) in [5, 5.41) is 108. The minimum absolute atomic E-state index is 0.0115. The predicted molar refractivity (Wildman–Crippen MR) is 466 cm³/mol. The fraction of sp³-hybridized carbons (Fsp3) is 0.671. The van der Waals surface area contributed by atoms with Crippen LogP contribution in [-0.4, -0.2) is 355 Å². The number of hydrogen-bond donors (Lipinski definition) is 29. The van der Waals surface area contributed by atoms with Crippen molar-refractivity contribution in [2.45, 2.75) is 223 Å². The summed E-state index contributed by atoms with van der Waals surface area (Å²) in [6.07, 6.45) is -4.36. The molecule has 0 unspecified atom stereocenters. The van der Waals surface area contributed by atoms with Crippen molar-refractivity contribution in [2.24, 2.45) is 35.1 Å². The van der Waals surface area contributed by atoms with Gasteiger partial charge in [-0.15, -0.1) is 0 Å². The number of rotatable bonds is 63. The molecule has 0 aromatic heterocycles. The van der Waals surface area contributed by atoms with E-state index in [1.807, 2.05) is 5.32 Å². The van der Waals surface area contributed by atoms with E-state index >= 15 is 0 Å². The third-order valence-corrected chi connectivity index (χ3v) is 20.5. The molecule has 1 aliphatic rings. The lowest BCUT2D eigenvalue weighted by molar-refractivity contribution is -0.148. The lowest BCUT2D eigenvalue weighted by Crippen LogP contribution is -2.62. The van der Waals surface area contributed by atoms with Gasteiger partial charge in [0.2, 0.25) is 118 Å². The summed E-state index contributed by atoms with van der Waals surface area (Å²) >= 11 is 9.22. The Balaban J connectivity index is 3.29. The van der Waals surface area contributed by atoms with E-state index in [0.29, 0.717) is 6.42 Å². The van der Waals surface area contributed by atoms with Crippen LogP contribution in [0.4, 0.5) is 0 Å². The highest BCUT2D eigenvalue weighted by molar-refractivity contribution is 7.98. The van der Waals surface area contributed by atoms with Crippen LogP contribution >= 0.6 is 37.0 Å². The van der Waals surface area contributed by atoms with Crippen LogP contribution in [0.5, 0.6) is 0 Å². The van der Waals surface area contributed by atoms with Crippen LogP contribution in [-0.2, 0) is 120 Å². The molecule has 0 aromatic carbocycles. The molecular weight excluding hydrogens is 1820 g/mol. The van der Waals surface area contributed by atoms with Gasteiger partial charge >= 0.3 is 29.8 Å². The highest BCUT2D eigenvalue weighted by Gasteiger charge is 2.41. The second-order valence-corrected chi connectivity index (χ2v) is 33.4. The molecule has 1 saturated heterocycles. The van der Waals surface area contributed by atoms with E-state index < -0.39 is 353 Å². The van der Waals surface area contributed by atoms with Gasteiger partial charge in [-0.1, -0.05) is 55.4 Å². The van der Waals surface area contributed by atoms with E-state index in [1.165, 1.54) is 27.7 Å². The molecule has 0 aromatic rings. The molecule has 56 heteroatoms. The molecule has 0 saturated carbocycles. The second kappa shape index (κ2) is 60.6. The zero-order valence-electron chi connectivity index (χ0n) is 74.0. The Hall–Kier alpha value is -12.3. The largest absolute Gasteiger partial charge is 0.481 e. The van der Waals surface area contributed by atoms with Gasteiger partial charge in [-0.05, 0) is 80.6 Å². The SMILES string of the molecule is CSCC[C@H](NC(=O)[C@@H](NC(=O)[C@H](CCC(N)=O)NC(=O)CNC(=O)[C@H](CC(=O)O)NC(=O)[C@H](CCC(=O)O)NC(=O)[C@H](CC(C)C)NC(=O)[C@@H](N)CS)C(C)C)C(=O)N[C@@H](CC(=O)O)C(=O)N[C@H](C(=O)N[C@@H](CC(=O)O)C(=O)N[C@@H](CC(C)C)C(=O)N[C@@H](CS)C(=O)NCC(=O)NCC(=O)N[C@@H](CO)C(=O)N[C@@H](CO)C(=O)NCC(=O)NCC(=O)N1CCC[C@H]1C(=O)O)C(C)C. The van der Waals surface area contributed by atoms with Gasteiger partial charge in [-0.25, -0.2) is 4.79 Å². The summed E-state index contributed by atoms with van der Waals surface area (Å²) in [5.41, 5.74) is 11.1. The minimum atomic E-state index is -2.09. The van der Waals surface area contributed by atoms with Crippen molar-refractivity contribution in [3.63, 3.8) is 0 Å². The monoisotopic (exact) mass is 1940 g/mol. The molecule has 29 N–H and O–H groups in total. The van der Waals surface area contributed by atoms with Crippen molar-refractivity contribution in [2.75, 3.05) is 76.0 Å². The Bertz CT molecular complexity index is 4110. The van der Waals surface area contributed by atoms with E-state index in [0.717, 1.165) is 16.7 Å². The fourth-order valence-electron chi connectivity index (χ4n) is 12.1. The van der Waals surface area contributed by atoms with Crippen molar-refractivity contribution in [1.29, 1.82) is 0 Å². The Kier molecular flexibility index (Phi) is 54.0. The van der Waals surface area contributed by atoms with Crippen LogP contribution in [0, 0.1) is 23.7 Å². The molecule has 1 aliphatic heterocycles. The molecule has 742 valence electrons. The van der Waals surface area contributed by atoms with Gasteiger partial charge in [0.25, 0.3) is 0 Å². The number of thiol groups is 2. The average molecular weight is 1940 g/mol. The summed E-state index contributed by atoms with van der Waals surface area (Å²) in [7, 11) is 0. The number of aliphatic carboxylic acids is 5. The zero-order valence-corrected chi connectivity index (χ0v) is 76.6. The average Bonchev–Trinajstić information content (AvgIpc) is 1.74. The third-order valence-electron chi connectivity index (χ3n) is 19.1. The van der Waals surface area contributed by atoms with Gasteiger partial charge in [0, 0.05) is 30.9 Å². The number of thioether (sulfide) groups is 1. The summed E-state index contributed by atoms with van der Waals surface area (Å²) in [5.74, 6) is -33.2. The van der Waals surface area contributed by atoms with Crippen molar-refractivity contribution in [3.8, 4) is 0 Å². The number of aliphatic hydroxyl groups excluding tert-OH is 2. The smallest absolute Gasteiger partial charge is 0.326 e. The van der Waals surface area contributed by atoms with E-state index in [1.54, 1.807) is 34.0 Å². The Morgan fingerprint density at radius 3 is 1.11 bits per heavy atom. The van der Waals surface area contributed by atoms with Gasteiger partial charge in [-0.2, -0.15) is 37.0 Å². The van der Waals surface area contributed by atoms with Gasteiger partial charge < -0.3 is 148 Å². The normalized spacial score (nSPS) is 15.4. The molecule has 1 heterocycles. The van der Waals surface area contributed by atoms with Crippen LogP contribution < -0.4 is 107 Å². The molecule has 1 rings (SSSR count). The Labute approximate surface area is 771 Å². The lowest BCUT2D eigenvalue weighted by Gasteiger charge is -2.29. The number of aliphatic hydroxyl groups is 2. The number of primary amides is 1. The first-order valence-corrected chi connectivity index (χ1v) is 44.1. The van der Waals surface area contributed by atoms with Crippen molar-refractivity contribution in [1.82, 2.24) is 101 Å². The number of nitrogens with two attached hydrogens (primary N) is 2. The molecule has 0 radical (unpaired) electrons. The minimum Gasteiger partial charge on any atom is -0.481 e. The number of likely N-dealkylation sites (tertiary alicyclic amines) is 1. The molecule has 0 spiro atoms. The quantitative estimate of drug-likeness (QED) is 0.0251. The van der Waals surface area contributed by atoms with Crippen LogP contribution in [0.15, 0.2) is 0 Å². The fourth-order valence-corrected chi connectivity index (χ4v) is 13.0. The number of nitrogens with one attached hydrogen (secondary N) is 18. The highest BCUT2D eigenvalue weighted by Crippen LogP contribution is 2.18. The van der Waals surface area contributed by atoms with Crippen molar-refractivity contribution < 1.29 is 156 Å². The van der Waals surface area contributed by atoms with Gasteiger partial charge in [0.15, 0.2) is 0 Å².